The van der Waals surface area contributed by atoms with Gasteiger partial charge in [-0.25, -0.2) is 4.39 Å². The van der Waals surface area contributed by atoms with Gasteiger partial charge >= 0.3 is 0 Å². The van der Waals surface area contributed by atoms with Crippen LogP contribution >= 0.6 is 15.9 Å². The maximum absolute atomic E-state index is 13.1. The first-order chi connectivity index (χ1) is 7.18. The summed E-state index contributed by atoms with van der Waals surface area (Å²) >= 11 is 3.42. The van der Waals surface area contributed by atoms with E-state index in [1.54, 1.807) is 25.4 Å². The Bertz CT molecular complexity index is 497. The predicted molar refractivity (Wildman–Crippen MR) is 62.1 cm³/mol. The zero-order valence-electron chi connectivity index (χ0n) is 8.17. The molecule has 0 fully saturated rings. The van der Waals surface area contributed by atoms with Gasteiger partial charge in [-0.3, -0.25) is 4.98 Å². The van der Waals surface area contributed by atoms with E-state index in [0.29, 0.717) is 5.56 Å². The summed E-state index contributed by atoms with van der Waals surface area (Å²) in [5, 5.41) is 0. The fourth-order valence-electron chi connectivity index (χ4n) is 1.42. The zero-order chi connectivity index (χ0) is 10.8. The summed E-state index contributed by atoms with van der Waals surface area (Å²) in [6, 6.07) is 6.98. The van der Waals surface area contributed by atoms with Crippen LogP contribution in [0.3, 0.4) is 0 Å². The minimum atomic E-state index is -0.177. The van der Waals surface area contributed by atoms with E-state index in [4.69, 9.17) is 0 Å². The van der Waals surface area contributed by atoms with Gasteiger partial charge in [0.2, 0.25) is 0 Å². The van der Waals surface area contributed by atoms with Crippen LogP contribution in [0.25, 0.3) is 11.1 Å². The lowest BCUT2D eigenvalue weighted by molar-refractivity contribution is 0.619. The molecular formula is C12H9BrFN. The Morgan fingerprint density at radius 2 is 2.07 bits per heavy atom. The summed E-state index contributed by atoms with van der Waals surface area (Å²) in [6.45, 7) is 1.76. The molecule has 0 N–H and O–H groups in total. The van der Waals surface area contributed by atoms with Crippen LogP contribution in [0.1, 0.15) is 5.56 Å². The largest absolute Gasteiger partial charge is 0.264 e. The Kier molecular flexibility index (Phi) is 2.82. The van der Waals surface area contributed by atoms with Crippen molar-refractivity contribution in [3.63, 3.8) is 0 Å². The van der Waals surface area contributed by atoms with E-state index in [1.807, 2.05) is 12.1 Å². The van der Waals surface area contributed by atoms with Gasteiger partial charge in [0.15, 0.2) is 0 Å². The number of aryl methyl sites for hydroxylation is 1. The fourth-order valence-corrected chi connectivity index (χ4v) is 1.90. The highest BCUT2D eigenvalue weighted by Gasteiger charge is 2.04. The normalized spacial score (nSPS) is 10.3. The van der Waals surface area contributed by atoms with Crippen LogP contribution < -0.4 is 0 Å². The van der Waals surface area contributed by atoms with Crippen LogP contribution in [0.15, 0.2) is 41.1 Å². The summed E-state index contributed by atoms with van der Waals surface area (Å²) in [4.78, 5) is 3.99. The average molecular weight is 266 g/mol. The molecule has 3 heteroatoms. The van der Waals surface area contributed by atoms with Crippen LogP contribution in [0, 0.1) is 12.7 Å². The summed E-state index contributed by atoms with van der Waals surface area (Å²) in [7, 11) is 0. The third-order valence-corrected chi connectivity index (χ3v) is 2.87. The molecule has 0 aliphatic heterocycles. The Labute approximate surface area is 96.1 Å². The Hall–Kier alpha value is -1.22. The van der Waals surface area contributed by atoms with Crippen molar-refractivity contribution in [2.45, 2.75) is 6.92 Å². The molecular weight excluding hydrogens is 257 g/mol. The topological polar surface area (TPSA) is 12.9 Å². The molecule has 0 radical (unpaired) electrons. The maximum atomic E-state index is 13.1. The molecule has 0 aliphatic carbocycles. The quantitative estimate of drug-likeness (QED) is 0.761. The number of benzene rings is 1. The van der Waals surface area contributed by atoms with Crippen molar-refractivity contribution in [3.8, 4) is 11.1 Å². The van der Waals surface area contributed by atoms with Gasteiger partial charge < -0.3 is 0 Å². The van der Waals surface area contributed by atoms with E-state index in [-0.39, 0.29) is 5.82 Å². The second-order valence-corrected chi connectivity index (χ2v) is 4.17. The van der Waals surface area contributed by atoms with Gasteiger partial charge in [-0.05, 0) is 57.7 Å². The van der Waals surface area contributed by atoms with Crippen LogP contribution in [-0.2, 0) is 0 Å². The Morgan fingerprint density at radius 3 is 2.73 bits per heavy atom. The molecule has 0 atom stereocenters. The van der Waals surface area contributed by atoms with E-state index >= 15 is 0 Å². The Balaban J connectivity index is 2.55. The van der Waals surface area contributed by atoms with E-state index in [0.717, 1.165) is 15.6 Å². The lowest BCUT2D eigenvalue weighted by atomic mass is 10.0. The standard InChI is InChI=1S/C12H9BrFN/c1-8-6-9(2-3-12(8)14)10-4-5-15-7-11(10)13/h2-7H,1H3. The first-order valence-corrected chi connectivity index (χ1v) is 5.34. The summed E-state index contributed by atoms with van der Waals surface area (Å²) in [5.74, 6) is -0.177. The Morgan fingerprint density at radius 1 is 1.27 bits per heavy atom. The van der Waals surface area contributed by atoms with Crippen molar-refractivity contribution >= 4 is 15.9 Å². The molecule has 0 saturated carbocycles. The minimum absolute atomic E-state index is 0.177. The molecule has 0 bridgehead atoms. The first kappa shape index (κ1) is 10.3. The number of rotatable bonds is 1. The highest BCUT2D eigenvalue weighted by Crippen LogP contribution is 2.28. The third-order valence-electron chi connectivity index (χ3n) is 2.24. The predicted octanol–water partition coefficient (Wildman–Crippen LogP) is 3.96. The molecule has 0 spiro atoms. The molecule has 1 heterocycles. The second kappa shape index (κ2) is 4.11. The van der Waals surface area contributed by atoms with Gasteiger partial charge in [0.25, 0.3) is 0 Å². The first-order valence-electron chi connectivity index (χ1n) is 4.54. The second-order valence-electron chi connectivity index (χ2n) is 3.32. The van der Waals surface area contributed by atoms with Crippen molar-refractivity contribution in [3.05, 3.63) is 52.5 Å². The summed E-state index contributed by atoms with van der Waals surface area (Å²) in [5.41, 5.74) is 2.66. The minimum Gasteiger partial charge on any atom is -0.264 e. The summed E-state index contributed by atoms with van der Waals surface area (Å²) in [6.07, 6.45) is 3.45. The third kappa shape index (κ3) is 2.07. The zero-order valence-corrected chi connectivity index (χ0v) is 9.75. The monoisotopic (exact) mass is 265 g/mol. The lowest BCUT2D eigenvalue weighted by Crippen LogP contribution is -1.85. The van der Waals surface area contributed by atoms with Gasteiger partial charge in [0, 0.05) is 16.9 Å². The number of halogens is 2. The molecule has 1 nitrogen and oxygen atoms in total. The van der Waals surface area contributed by atoms with E-state index in [1.165, 1.54) is 6.07 Å². The van der Waals surface area contributed by atoms with Crippen molar-refractivity contribution in [1.82, 2.24) is 4.98 Å². The highest BCUT2D eigenvalue weighted by atomic mass is 79.9. The van der Waals surface area contributed by atoms with Gasteiger partial charge in [-0.1, -0.05) is 6.07 Å². The van der Waals surface area contributed by atoms with Gasteiger partial charge in [-0.15, -0.1) is 0 Å². The molecule has 2 aromatic rings. The fraction of sp³-hybridized carbons (Fsp3) is 0.0833. The van der Waals surface area contributed by atoms with Crippen molar-refractivity contribution in [2.24, 2.45) is 0 Å². The van der Waals surface area contributed by atoms with E-state index in [9.17, 15) is 4.39 Å². The molecule has 0 saturated heterocycles. The SMILES string of the molecule is Cc1cc(-c2ccncc2Br)ccc1F. The summed E-state index contributed by atoms with van der Waals surface area (Å²) < 4.78 is 14.0. The molecule has 15 heavy (non-hydrogen) atoms. The molecule has 76 valence electrons. The molecule has 0 unspecified atom stereocenters. The number of hydrogen-bond donors (Lipinski definition) is 0. The number of nitrogens with zero attached hydrogens (tertiary/aromatic N) is 1. The maximum Gasteiger partial charge on any atom is 0.126 e. The van der Waals surface area contributed by atoms with Crippen LogP contribution in [-0.4, -0.2) is 4.98 Å². The molecule has 0 aliphatic rings. The van der Waals surface area contributed by atoms with Gasteiger partial charge in [0.1, 0.15) is 5.82 Å². The molecule has 1 aromatic carbocycles. The van der Waals surface area contributed by atoms with Gasteiger partial charge in [0.05, 0.1) is 0 Å². The molecule has 0 amide bonds. The van der Waals surface area contributed by atoms with E-state index in [2.05, 4.69) is 20.9 Å². The van der Waals surface area contributed by atoms with E-state index < -0.39 is 0 Å². The number of pyridine rings is 1. The van der Waals surface area contributed by atoms with Crippen LogP contribution in [0.2, 0.25) is 0 Å². The van der Waals surface area contributed by atoms with Crippen molar-refractivity contribution in [2.75, 3.05) is 0 Å². The molecule has 2 rings (SSSR count). The molecule has 1 aromatic heterocycles. The van der Waals surface area contributed by atoms with Crippen molar-refractivity contribution in [1.29, 1.82) is 0 Å². The van der Waals surface area contributed by atoms with Crippen molar-refractivity contribution < 1.29 is 4.39 Å². The smallest absolute Gasteiger partial charge is 0.126 e. The van der Waals surface area contributed by atoms with Gasteiger partial charge in [-0.2, -0.15) is 0 Å². The number of hydrogen-bond acceptors (Lipinski definition) is 1. The average Bonchev–Trinajstić information content (AvgIpc) is 2.23. The highest BCUT2D eigenvalue weighted by molar-refractivity contribution is 9.10. The van der Waals surface area contributed by atoms with Crippen LogP contribution in [0.5, 0.6) is 0 Å². The lowest BCUT2D eigenvalue weighted by Gasteiger charge is -2.05. The number of aromatic nitrogens is 1. The van der Waals surface area contributed by atoms with Crippen LogP contribution in [0.4, 0.5) is 4.39 Å².